The molecule has 0 N–H and O–H groups in total. The van der Waals surface area contributed by atoms with Crippen LogP contribution >= 0.6 is 0 Å². The summed E-state index contributed by atoms with van der Waals surface area (Å²) in [4.78, 5) is 22.2. The van der Waals surface area contributed by atoms with Crippen LogP contribution in [-0.4, -0.2) is 10.9 Å². The molecule has 0 fully saturated rings. The van der Waals surface area contributed by atoms with Gasteiger partial charge >= 0.3 is 5.97 Å². The Bertz CT molecular complexity index is 890. The summed E-state index contributed by atoms with van der Waals surface area (Å²) in [5.41, 5.74) is 1.34. The summed E-state index contributed by atoms with van der Waals surface area (Å²) >= 11 is 0. The summed E-state index contributed by atoms with van der Waals surface area (Å²) < 4.78 is 10.9. The number of benzene rings is 3. The van der Waals surface area contributed by atoms with Gasteiger partial charge in [0, 0.05) is 12.1 Å². The molecule has 0 saturated carbocycles. The molecule has 0 unspecified atom stereocenters. The van der Waals surface area contributed by atoms with Crippen molar-refractivity contribution in [2.24, 2.45) is 0 Å². The van der Waals surface area contributed by atoms with Crippen molar-refractivity contribution in [1.82, 2.24) is 0 Å². The molecule has 0 aliphatic carbocycles. The monoisotopic (exact) mass is 349 g/mol. The number of hydrogen-bond donors (Lipinski definition) is 0. The van der Waals surface area contributed by atoms with Gasteiger partial charge in [-0.05, 0) is 42.0 Å². The van der Waals surface area contributed by atoms with Crippen LogP contribution in [0.4, 0.5) is 5.69 Å². The molecule has 0 aliphatic rings. The Morgan fingerprint density at radius 1 is 0.846 bits per heavy atom. The van der Waals surface area contributed by atoms with E-state index in [9.17, 15) is 14.9 Å². The quantitative estimate of drug-likeness (QED) is 0.285. The number of ether oxygens (including phenoxy) is 2. The molecule has 3 rings (SSSR count). The minimum Gasteiger partial charge on any atom is -0.489 e. The molecule has 0 bridgehead atoms. The fourth-order valence-corrected chi connectivity index (χ4v) is 2.23. The van der Waals surface area contributed by atoms with Gasteiger partial charge in [-0.1, -0.05) is 30.3 Å². The topological polar surface area (TPSA) is 78.7 Å². The lowest BCUT2D eigenvalue weighted by Gasteiger charge is -2.07. The smallest absolute Gasteiger partial charge is 0.343 e. The largest absolute Gasteiger partial charge is 0.489 e. The van der Waals surface area contributed by atoms with Crippen molar-refractivity contribution < 1.29 is 19.2 Å². The third kappa shape index (κ3) is 4.45. The van der Waals surface area contributed by atoms with E-state index in [1.807, 2.05) is 30.3 Å². The van der Waals surface area contributed by atoms with Gasteiger partial charge in [0.2, 0.25) is 0 Å². The second-order valence-corrected chi connectivity index (χ2v) is 5.44. The van der Waals surface area contributed by atoms with Crippen LogP contribution in [-0.2, 0) is 6.61 Å². The molecule has 0 aliphatic heterocycles. The Hall–Kier alpha value is -3.67. The van der Waals surface area contributed by atoms with Crippen molar-refractivity contribution in [2.75, 3.05) is 0 Å². The van der Waals surface area contributed by atoms with Gasteiger partial charge in [0.1, 0.15) is 18.1 Å². The van der Waals surface area contributed by atoms with Crippen LogP contribution in [0.1, 0.15) is 15.9 Å². The molecule has 0 heterocycles. The summed E-state index contributed by atoms with van der Waals surface area (Å²) in [6.45, 7) is 0.438. The van der Waals surface area contributed by atoms with E-state index < -0.39 is 10.9 Å². The minimum absolute atomic E-state index is 0.0651. The van der Waals surface area contributed by atoms with Gasteiger partial charge in [-0.3, -0.25) is 10.1 Å². The van der Waals surface area contributed by atoms with E-state index in [0.717, 1.165) is 5.56 Å². The maximum absolute atomic E-state index is 12.1. The van der Waals surface area contributed by atoms with E-state index in [2.05, 4.69) is 0 Å². The number of esters is 1. The number of non-ortho nitro benzene ring substituents is 1. The lowest BCUT2D eigenvalue weighted by atomic mass is 10.2. The van der Waals surface area contributed by atoms with Gasteiger partial charge in [-0.25, -0.2) is 4.79 Å². The fraction of sp³-hybridized carbons (Fsp3) is 0.0500. The van der Waals surface area contributed by atoms with E-state index in [1.54, 1.807) is 24.3 Å². The summed E-state index contributed by atoms with van der Waals surface area (Å²) in [5.74, 6) is 0.333. The van der Waals surface area contributed by atoms with Gasteiger partial charge < -0.3 is 9.47 Å². The maximum atomic E-state index is 12.1. The number of nitro benzene ring substituents is 1. The zero-order valence-corrected chi connectivity index (χ0v) is 13.7. The highest BCUT2D eigenvalue weighted by molar-refractivity contribution is 5.91. The fourth-order valence-electron chi connectivity index (χ4n) is 2.23. The number of hydrogen-bond acceptors (Lipinski definition) is 5. The molecular weight excluding hydrogens is 334 g/mol. The van der Waals surface area contributed by atoms with Crippen molar-refractivity contribution >= 4 is 11.7 Å². The van der Waals surface area contributed by atoms with Crippen LogP contribution in [0.2, 0.25) is 0 Å². The summed E-state index contributed by atoms with van der Waals surface area (Å²) in [6.07, 6.45) is 0. The molecule has 130 valence electrons. The highest BCUT2D eigenvalue weighted by Crippen LogP contribution is 2.20. The van der Waals surface area contributed by atoms with Crippen LogP contribution in [0, 0.1) is 10.1 Å². The number of carbonyl (C=O) groups is 1. The van der Waals surface area contributed by atoms with Gasteiger partial charge in [0.05, 0.1) is 10.5 Å². The second-order valence-electron chi connectivity index (χ2n) is 5.44. The third-order valence-electron chi connectivity index (χ3n) is 3.60. The molecule has 0 aromatic heterocycles. The molecule has 0 saturated heterocycles. The van der Waals surface area contributed by atoms with E-state index in [1.165, 1.54) is 24.3 Å². The number of rotatable bonds is 6. The maximum Gasteiger partial charge on any atom is 0.343 e. The van der Waals surface area contributed by atoms with Crippen LogP contribution in [0.3, 0.4) is 0 Å². The second kappa shape index (κ2) is 7.94. The first-order chi connectivity index (χ1) is 12.6. The average Bonchev–Trinajstić information content (AvgIpc) is 2.68. The molecule has 3 aromatic rings. The van der Waals surface area contributed by atoms with Crippen molar-refractivity contribution in [3.63, 3.8) is 0 Å². The summed E-state index contributed by atoms with van der Waals surface area (Å²) in [6, 6.07) is 21.7. The number of carbonyl (C=O) groups excluding carboxylic acids is 1. The molecule has 0 radical (unpaired) electrons. The van der Waals surface area contributed by atoms with Crippen molar-refractivity contribution in [2.45, 2.75) is 6.61 Å². The Labute approximate surface area is 149 Å². The molecular formula is C20H15NO5. The van der Waals surface area contributed by atoms with E-state index in [0.29, 0.717) is 17.9 Å². The van der Waals surface area contributed by atoms with Gasteiger partial charge in [-0.2, -0.15) is 0 Å². The predicted octanol–water partition coefficient (Wildman–Crippen LogP) is 4.39. The zero-order chi connectivity index (χ0) is 18.4. The third-order valence-corrected chi connectivity index (χ3v) is 3.60. The van der Waals surface area contributed by atoms with Crippen LogP contribution in [0.15, 0.2) is 78.9 Å². The number of nitrogens with zero attached hydrogens (tertiary/aromatic N) is 1. The SMILES string of the molecule is O=C(Oc1ccc([N+](=O)[O-])cc1)c1ccc(OCc2ccccc2)cc1. The van der Waals surface area contributed by atoms with E-state index in [-0.39, 0.29) is 11.4 Å². The molecule has 6 heteroatoms. The molecule has 0 spiro atoms. The first-order valence-corrected chi connectivity index (χ1v) is 7.85. The van der Waals surface area contributed by atoms with Crippen LogP contribution in [0.25, 0.3) is 0 Å². The Morgan fingerprint density at radius 2 is 1.46 bits per heavy atom. The molecule has 26 heavy (non-hydrogen) atoms. The highest BCUT2D eigenvalue weighted by atomic mass is 16.6. The van der Waals surface area contributed by atoms with Crippen molar-refractivity contribution in [1.29, 1.82) is 0 Å². The molecule has 0 amide bonds. The molecule has 0 atom stereocenters. The molecule has 6 nitrogen and oxygen atoms in total. The standard InChI is InChI=1S/C20H15NO5/c22-20(26-19-12-8-17(9-13-19)21(23)24)16-6-10-18(11-7-16)25-14-15-4-2-1-3-5-15/h1-13H,14H2. The Kier molecular flexibility index (Phi) is 5.24. The molecule has 3 aromatic carbocycles. The normalized spacial score (nSPS) is 10.2. The minimum atomic E-state index is -0.548. The first-order valence-electron chi connectivity index (χ1n) is 7.85. The van der Waals surface area contributed by atoms with Crippen LogP contribution in [0.5, 0.6) is 11.5 Å². The highest BCUT2D eigenvalue weighted by Gasteiger charge is 2.10. The van der Waals surface area contributed by atoms with Crippen molar-refractivity contribution in [3.05, 3.63) is 100 Å². The van der Waals surface area contributed by atoms with E-state index >= 15 is 0 Å². The average molecular weight is 349 g/mol. The van der Waals surface area contributed by atoms with Gasteiger partial charge in [-0.15, -0.1) is 0 Å². The summed E-state index contributed by atoms with van der Waals surface area (Å²) in [7, 11) is 0. The lowest BCUT2D eigenvalue weighted by molar-refractivity contribution is -0.384. The van der Waals surface area contributed by atoms with E-state index in [4.69, 9.17) is 9.47 Å². The first kappa shape index (κ1) is 17.2. The number of nitro groups is 1. The Balaban J connectivity index is 1.58. The summed E-state index contributed by atoms with van der Waals surface area (Å²) in [5, 5.41) is 10.6. The van der Waals surface area contributed by atoms with Crippen molar-refractivity contribution in [3.8, 4) is 11.5 Å². The lowest BCUT2D eigenvalue weighted by Crippen LogP contribution is -2.08. The zero-order valence-electron chi connectivity index (χ0n) is 13.7. The Morgan fingerprint density at radius 3 is 2.08 bits per heavy atom. The van der Waals surface area contributed by atoms with Crippen LogP contribution < -0.4 is 9.47 Å². The predicted molar refractivity (Wildman–Crippen MR) is 95.3 cm³/mol. The van der Waals surface area contributed by atoms with Gasteiger partial charge in [0.25, 0.3) is 5.69 Å². The van der Waals surface area contributed by atoms with Gasteiger partial charge in [0.15, 0.2) is 0 Å².